The third-order valence-electron chi connectivity index (χ3n) is 3.11. The minimum absolute atomic E-state index is 0.00327. The van der Waals surface area contributed by atoms with E-state index in [2.05, 4.69) is 0 Å². The lowest BCUT2D eigenvalue weighted by Gasteiger charge is -2.17. The molecular weight excluding hydrogens is 273 g/mol. The molecule has 0 saturated carbocycles. The molecule has 5 heteroatoms. The molecule has 4 nitrogen and oxygen atoms in total. The van der Waals surface area contributed by atoms with E-state index >= 15 is 0 Å². The first-order chi connectivity index (χ1) is 10.2. The molecule has 0 fully saturated rings. The normalized spacial score (nSPS) is 10.4. The number of halogens is 1. The first-order valence-electron chi connectivity index (χ1n) is 6.80. The Morgan fingerprint density at radius 1 is 1.29 bits per heavy atom. The first kappa shape index (κ1) is 15.1. The molecule has 1 amide bonds. The van der Waals surface area contributed by atoms with Gasteiger partial charge in [0.1, 0.15) is 12.4 Å². The Bertz CT molecular complexity index is 569. The maximum absolute atomic E-state index is 13.3. The Labute approximate surface area is 123 Å². The third kappa shape index (κ3) is 4.63. The molecule has 0 atom stereocenters. The molecule has 2 aromatic rings. The van der Waals surface area contributed by atoms with E-state index in [1.165, 1.54) is 6.07 Å². The molecule has 2 rings (SSSR count). The third-order valence-corrected chi connectivity index (χ3v) is 3.11. The van der Waals surface area contributed by atoms with Gasteiger partial charge in [-0.1, -0.05) is 12.1 Å². The van der Waals surface area contributed by atoms with Crippen LogP contribution in [0, 0.1) is 5.82 Å². The molecule has 0 saturated heterocycles. The van der Waals surface area contributed by atoms with E-state index in [-0.39, 0.29) is 18.3 Å². The van der Waals surface area contributed by atoms with Crippen LogP contribution in [0.1, 0.15) is 12.2 Å². The fourth-order valence-corrected chi connectivity index (χ4v) is 1.85. The van der Waals surface area contributed by atoms with Crippen molar-refractivity contribution in [2.24, 2.45) is 0 Å². The van der Waals surface area contributed by atoms with E-state index in [4.69, 9.17) is 9.15 Å². The van der Waals surface area contributed by atoms with Gasteiger partial charge in [0.25, 0.3) is 0 Å². The van der Waals surface area contributed by atoms with Crippen LogP contribution in [0.15, 0.2) is 47.1 Å². The number of amides is 1. The number of para-hydroxylation sites is 1. The van der Waals surface area contributed by atoms with Crippen LogP contribution in [0.25, 0.3) is 0 Å². The minimum Gasteiger partial charge on any atom is -0.489 e. The van der Waals surface area contributed by atoms with Crippen molar-refractivity contribution in [3.05, 3.63) is 54.2 Å². The quantitative estimate of drug-likeness (QED) is 0.787. The van der Waals surface area contributed by atoms with E-state index in [0.29, 0.717) is 19.4 Å². The number of carbonyl (C=O) groups is 1. The largest absolute Gasteiger partial charge is 0.489 e. The van der Waals surface area contributed by atoms with E-state index in [1.807, 2.05) is 6.07 Å². The predicted octanol–water partition coefficient (Wildman–Crippen LogP) is 2.89. The summed E-state index contributed by atoms with van der Waals surface area (Å²) in [6.07, 6.45) is 2.54. The molecule has 21 heavy (non-hydrogen) atoms. The van der Waals surface area contributed by atoms with Crippen molar-refractivity contribution >= 4 is 5.91 Å². The van der Waals surface area contributed by atoms with Crippen molar-refractivity contribution in [2.75, 3.05) is 20.2 Å². The van der Waals surface area contributed by atoms with Gasteiger partial charge in [0, 0.05) is 19.9 Å². The van der Waals surface area contributed by atoms with E-state index in [9.17, 15) is 9.18 Å². The standard InChI is InChI=1S/C16H18FNO3/c1-18(16(19)9-8-13-5-4-11-20-13)10-12-21-15-7-3-2-6-14(15)17/h2-7,11H,8-10,12H2,1H3. The van der Waals surface area contributed by atoms with Gasteiger partial charge in [0.15, 0.2) is 11.6 Å². The van der Waals surface area contributed by atoms with Gasteiger partial charge in [-0.2, -0.15) is 0 Å². The molecule has 1 heterocycles. The highest BCUT2D eigenvalue weighted by atomic mass is 19.1. The van der Waals surface area contributed by atoms with Gasteiger partial charge in [0.2, 0.25) is 5.91 Å². The second-order valence-electron chi connectivity index (χ2n) is 4.67. The smallest absolute Gasteiger partial charge is 0.222 e. The van der Waals surface area contributed by atoms with Gasteiger partial charge in [-0.05, 0) is 24.3 Å². The van der Waals surface area contributed by atoms with Crippen LogP contribution in [-0.2, 0) is 11.2 Å². The molecule has 1 aromatic heterocycles. The van der Waals surface area contributed by atoms with Crippen molar-refractivity contribution in [3.63, 3.8) is 0 Å². The lowest BCUT2D eigenvalue weighted by molar-refractivity contribution is -0.130. The summed E-state index contributed by atoms with van der Waals surface area (Å²) in [5.74, 6) is 0.598. The summed E-state index contributed by atoms with van der Waals surface area (Å²) in [5, 5.41) is 0. The molecule has 0 N–H and O–H groups in total. The number of likely N-dealkylation sites (N-methyl/N-ethyl adjacent to an activating group) is 1. The zero-order valence-corrected chi connectivity index (χ0v) is 11.9. The lowest BCUT2D eigenvalue weighted by atomic mass is 10.2. The summed E-state index contributed by atoms with van der Waals surface area (Å²) in [6, 6.07) is 9.85. The Balaban J connectivity index is 1.70. The van der Waals surface area contributed by atoms with Crippen LogP contribution >= 0.6 is 0 Å². The molecule has 112 valence electrons. The Kier molecular flexibility index (Phi) is 5.37. The highest BCUT2D eigenvalue weighted by molar-refractivity contribution is 5.76. The van der Waals surface area contributed by atoms with Crippen LogP contribution in [0.2, 0.25) is 0 Å². The summed E-state index contributed by atoms with van der Waals surface area (Å²) in [6.45, 7) is 0.662. The van der Waals surface area contributed by atoms with Crippen LogP contribution in [0.5, 0.6) is 5.75 Å². The topological polar surface area (TPSA) is 42.7 Å². The molecule has 1 aromatic carbocycles. The van der Waals surface area contributed by atoms with Crippen molar-refractivity contribution in [2.45, 2.75) is 12.8 Å². The molecule has 0 aliphatic heterocycles. The summed E-state index contributed by atoms with van der Waals surface area (Å²) >= 11 is 0. The van der Waals surface area contributed by atoms with Gasteiger partial charge >= 0.3 is 0 Å². The van der Waals surface area contributed by atoms with Crippen molar-refractivity contribution in [3.8, 4) is 5.75 Å². The maximum Gasteiger partial charge on any atom is 0.222 e. The van der Waals surface area contributed by atoms with Gasteiger partial charge in [-0.25, -0.2) is 4.39 Å². The van der Waals surface area contributed by atoms with Crippen LogP contribution in [0.3, 0.4) is 0 Å². The lowest BCUT2D eigenvalue weighted by Crippen LogP contribution is -2.31. The monoisotopic (exact) mass is 291 g/mol. The molecular formula is C16H18FNO3. The average Bonchev–Trinajstić information content (AvgIpc) is 3.00. The van der Waals surface area contributed by atoms with Crippen molar-refractivity contribution in [1.29, 1.82) is 0 Å². The van der Waals surface area contributed by atoms with E-state index in [0.717, 1.165) is 5.76 Å². The Morgan fingerprint density at radius 3 is 2.81 bits per heavy atom. The number of carbonyl (C=O) groups excluding carboxylic acids is 1. The SMILES string of the molecule is CN(CCOc1ccccc1F)C(=O)CCc1ccco1. The predicted molar refractivity (Wildman–Crippen MR) is 76.6 cm³/mol. The zero-order valence-electron chi connectivity index (χ0n) is 11.9. The highest BCUT2D eigenvalue weighted by Crippen LogP contribution is 2.15. The van der Waals surface area contributed by atoms with Gasteiger partial charge in [-0.15, -0.1) is 0 Å². The summed E-state index contributed by atoms with van der Waals surface area (Å²) in [5.41, 5.74) is 0. The van der Waals surface area contributed by atoms with Crippen LogP contribution in [-0.4, -0.2) is 31.0 Å². The number of ether oxygens (including phenoxy) is 1. The highest BCUT2D eigenvalue weighted by Gasteiger charge is 2.10. The molecule has 0 aliphatic rings. The fraction of sp³-hybridized carbons (Fsp3) is 0.312. The molecule has 0 unspecified atom stereocenters. The second kappa shape index (κ2) is 7.47. The number of hydrogen-bond acceptors (Lipinski definition) is 3. The zero-order chi connectivity index (χ0) is 15.1. The number of furan rings is 1. The fourth-order valence-electron chi connectivity index (χ4n) is 1.85. The average molecular weight is 291 g/mol. The molecule has 0 aliphatic carbocycles. The molecule has 0 spiro atoms. The van der Waals surface area contributed by atoms with Crippen molar-refractivity contribution < 1.29 is 18.3 Å². The van der Waals surface area contributed by atoms with Crippen LogP contribution < -0.4 is 4.74 Å². The number of rotatable bonds is 7. The second-order valence-corrected chi connectivity index (χ2v) is 4.67. The number of nitrogens with zero attached hydrogens (tertiary/aromatic N) is 1. The van der Waals surface area contributed by atoms with Crippen LogP contribution in [0.4, 0.5) is 4.39 Å². The van der Waals surface area contributed by atoms with Gasteiger partial charge in [0.05, 0.1) is 12.8 Å². The summed E-state index contributed by atoms with van der Waals surface area (Å²) < 4.78 is 23.8. The summed E-state index contributed by atoms with van der Waals surface area (Å²) in [7, 11) is 1.70. The number of benzene rings is 1. The summed E-state index contributed by atoms with van der Waals surface area (Å²) in [4.78, 5) is 13.5. The van der Waals surface area contributed by atoms with E-state index < -0.39 is 5.82 Å². The van der Waals surface area contributed by atoms with Crippen molar-refractivity contribution in [1.82, 2.24) is 4.90 Å². The Hall–Kier alpha value is -2.30. The molecule has 0 bridgehead atoms. The van der Waals surface area contributed by atoms with Gasteiger partial charge < -0.3 is 14.1 Å². The van der Waals surface area contributed by atoms with Gasteiger partial charge in [-0.3, -0.25) is 4.79 Å². The Morgan fingerprint density at radius 2 is 2.10 bits per heavy atom. The minimum atomic E-state index is -0.399. The maximum atomic E-state index is 13.3. The first-order valence-corrected chi connectivity index (χ1v) is 6.80. The molecule has 0 radical (unpaired) electrons. The number of hydrogen-bond donors (Lipinski definition) is 0. The number of aryl methyl sites for hydroxylation is 1. The van der Waals surface area contributed by atoms with E-state index in [1.54, 1.807) is 42.5 Å².